The minimum atomic E-state index is -0.377. The summed E-state index contributed by atoms with van der Waals surface area (Å²) < 4.78 is 24.2. The number of benzene rings is 2. The van der Waals surface area contributed by atoms with E-state index in [1.807, 2.05) is 0 Å². The Morgan fingerprint density at radius 3 is 2.74 bits per heavy atom. The first-order valence-corrected chi connectivity index (χ1v) is 11.5. The normalized spacial score (nSPS) is 11.1. The van der Waals surface area contributed by atoms with Crippen molar-refractivity contribution >= 4 is 55.9 Å². The van der Waals surface area contributed by atoms with E-state index in [1.165, 1.54) is 25.6 Å². The minimum absolute atomic E-state index is 0.124. The van der Waals surface area contributed by atoms with Crippen LogP contribution in [-0.4, -0.2) is 60.6 Å². The van der Waals surface area contributed by atoms with Crippen LogP contribution in [-0.2, 0) is 14.3 Å². The number of ether oxygens (including phenoxy) is 2. The van der Waals surface area contributed by atoms with Gasteiger partial charge in [0.2, 0.25) is 5.91 Å². The lowest BCUT2D eigenvalue weighted by Crippen LogP contribution is -2.27. The Morgan fingerprint density at radius 2 is 2.03 bits per heavy atom. The van der Waals surface area contributed by atoms with Crippen LogP contribution in [0.4, 0.5) is 21.6 Å². The Hall–Kier alpha value is -3.57. The summed E-state index contributed by atoms with van der Waals surface area (Å²) in [5.41, 5.74) is 1.64. The fourth-order valence-electron chi connectivity index (χ4n) is 3.17. The molecule has 11 heteroatoms. The van der Waals surface area contributed by atoms with Gasteiger partial charge in [-0.15, -0.1) is 0 Å². The number of halogens is 2. The van der Waals surface area contributed by atoms with Gasteiger partial charge in [-0.25, -0.2) is 14.4 Å². The number of anilines is 3. The molecule has 3 rings (SSSR count). The highest BCUT2D eigenvalue weighted by Gasteiger charge is 2.13. The molecule has 0 radical (unpaired) electrons. The number of nitrogens with zero attached hydrogens (tertiary/aromatic N) is 3. The molecule has 2 N–H and O–H groups in total. The first kappa shape index (κ1) is 26.0. The maximum atomic E-state index is 13.6. The zero-order chi connectivity index (χ0) is 25.4. The Bertz CT molecular complexity index is 1250. The third-order valence-corrected chi connectivity index (χ3v) is 5.40. The van der Waals surface area contributed by atoms with Crippen molar-refractivity contribution in [2.75, 3.05) is 44.5 Å². The molecule has 0 aliphatic rings. The first-order chi connectivity index (χ1) is 16.8. The number of hydrogen-bond donors (Lipinski definition) is 2. The zero-order valence-corrected chi connectivity index (χ0v) is 21.1. The Labute approximate surface area is 210 Å². The van der Waals surface area contributed by atoms with Crippen LogP contribution in [0.3, 0.4) is 0 Å². The third kappa shape index (κ3) is 7.20. The Morgan fingerprint density at radius 1 is 1.23 bits per heavy atom. The number of nitrogens with one attached hydrogen (secondary N) is 2. The number of methoxy groups -OCH3 is 1. The van der Waals surface area contributed by atoms with Crippen molar-refractivity contribution in [3.8, 4) is 5.75 Å². The van der Waals surface area contributed by atoms with Crippen LogP contribution in [0.5, 0.6) is 5.75 Å². The van der Waals surface area contributed by atoms with Crippen molar-refractivity contribution < 1.29 is 23.5 Å². The van der Waals surface area contributed by atoms with E-state index in [2.05, 4.69) is 36.5 Å². The van der Waals surface area contributed by atoms with Crippen LogP contribution >= 0.6 is 15.9 Å². The molecule has 9 nitrogen and oxygen atoms in total. The topological polar surface area (TPSA) is 106 Å². The van der Waals surface area contributed by atoms with Crippen LogP contribution in [0.1, 0.15) is 6.92 Å². The van der Waals surface area contributed by atoms with Crippen molar-refractivity contribution in [3.63, 3.8) is 0 Å². The molecule has 0 saturated heterocycles. The van der Waals surface area contributed by atoms with E-state index < -0.39 is 0 Å². The standard InChI is InChI=1S/C24H25BrFN5O4/c1-4-35-23(33)13-31(2)9-5-6-22(32)30-20-11-16-19(12-21(20)34-3)27-14-28-24(16)29-15-7-8-18(26)17(25)10-15/h5-8,10-12,14H,4,9,13H2,1-3H3,(H,30,32)(H,27,28,29). The molecule has 3 aromatic rings. The van der Waals surface area contributed by atoms with E-state index in [-0.39, 0.29) is 24.2 Å². The number of aromatic nitrogens is 2. The van der Waals surface area contributed by atoms with Gasteiger partial charge in [0.15, 0.2) is 0 Å². The highest BCUT2D eigenvalue weighted by atomic mass is 79.9. The summed E-state index contributed by atoms with van der Waals surface area (Å²) in [6.07, 6.45) is 4.42. The van der Waals surface area contributed by atoms with Gasteiger partial charge in [0, 0.05) is 29.8 Å². The molecule has 0 aliphatic heterocycles. The van der Waals surface area contributed by atoms with Gasteiger partial charge in [-0.05, 0) is 54.2 Å². The summed E-state index contributed by atoms with van der Waals surface area (Å²) in [4.78, 5) is 34.3. The van der Waals surface area contributed by atoms with E-state index in [0.717, 1.165) is 0 Å². The van der Waals surface area contributed by atoms with Gasteiger partial charge in [0.1, 0.15) is 23.7 Å². The summed E-state index contributed by atoms with van der Waals surface area (Å²) in [5, 5.41) is 6.57. The minimum Gasteiger partial charge on any atom is -0.494 e. The molecular weight excluding hydrogens is 521 g/mol. The number of carbonyl (C=O) groups is 2. The molecule has 1 heterocycles. The molecule has 184 valence electrons. The van der Waals surface area contributed by atoms with Crippen LogP contribution in [0, 0.1) is 5.82 Å². The molecular formula is C24H25BrFN5O4. The summed E-state index contributed by atoms with van der Waals surface area (Å²) in [6, 6.07) is 7.91. The molecule has 0 fully saturated rings. The number of fused-ring (bicyclic) bond motifs is 1. The van der Waals surface area contributed by atoms with Crippen molar-refractivity contribution in [1.82, 2.24) is 14.9 Å². The van der Waals surface area contributed by atoms with Gasteiger partial charge in [-0.3, -0.25) is 14.5 Å². The van der Waals surface area contributed by atoms with Crippen LogP contribution < -0.4 is 15.4 Å². The summed E-state index contributed by atoms with van der Waals surface area (Å²) >= 11 is 3.17. The summed E-state index contributed by atoms with van der Waals surface area (Å²) in [5.74, 6) is -0.178. The van der Waals surface area contributed by atoms with Gasteiger partial charge in [0.25, 0.3) is 0 Å². The summed E-state index contributed by atoms with van der Waals surface area (Å²) in [7, 11) is 3.24. The first-order valence-electron chi connectivity index (χ1n) is 10.7. The van der Waals surface area contributed by atoms with E-state index in [4.69, 9.17) is 9.47 Å². The lowest BCUT2D eigenvalue weighted by atomic mass is 10.1. The van der Waals surface area contributed by atoms with E-state index >= 15 is 0 Å². The van der Waals surface area contributed by atoms with Crippen molar-refractivity contribution in [2.24, 2.45) is 0 Å². The third-order valence-electron chi connectivity index (χ3n) is 4.79. The van der Waals surface area contributed by atoms with Crippen molar-refractivity contribution in [2.45, 2.75) is 6.92 Å². The second kappa shape index (κ2) is 12.2. The second-order valence-corrected chi connectivity index (χ2v) is 8.29. The maximum absolute atomic E-state index is 13.6. The molecule has 0 aliphatic carbocycles. The fraction of sp³-hybridized carbons (Fsp3) is 0.250. The highest BCUT2D eigenvalue weighted by Crippen LogP contribution is 2.33. The quantitative estimate of drug-likeness (QED) is 0.287. The maximum Gasteiger partial charge on any atom is 0.320 e. The Balaban J connectivity index is 1.77. The van der Waals surface area contributed by atoms with Crippen molar-refractivity contribution in [3.05, 3.63) is 59.1 Å². The number of likely N-dealkylation sites (N-methyl/N-ethyl adjacent to an activating group) is 1. The van der Waals surface area contributed by atoms with E-state index in [9.17, 15) is 14.0 Å². The van der Waals surface area contributed by atoms with Gasteiger partial charge in [-0.2, -0.15) is 0 Å². The van der Waals surface area contributed by atoms with Crippen LogP contribution in [0.15, 0.2) is 53.3 Å². The molecule has 2 aromatic carbocycles. The SMILES string of the molecule is CCOC(=O)CN(C)CC=CC(=O)Nc1cc2c(Nc3ccc(F)c(Br)c3)ncnc2cc1OC. The fourth-order valence-corrected chi connectivity index (χ4v) is 3.55. The predicted octanol–water partition coefficient (Wildman–Crippen LogP) is 4.27. The molecule has 0 unspecified atom stereocenters. The number of amides is 1. The molecule has 0 atom stereocenters. The number of esters is 1. The molecule has 35 heavy (non-hydrogen) atoms. The number of carbonyl (C=O) groups excluding carboxylic acids is 2. The molecule has 0 spiro atoms. The molecule has 1 aromatic heterocycles. The second-order valence-electron chi connectivity index (χ2n) is 7.44. The summed E-state index contributed by atoms with van der Waals surface area (Å²) in [6.45, 7) is 2.58. The highest BCUT2D eigenvalue weighted by molar-refractivity contribution is 9.10. The zero-order valence-electron chi connectivity index (χ0n) is 19.5. The monoisotopic (exact) mass is 545 g/mol. The molecule has 1 amide bonds. The average molecular weight is 546 g/mol. The lowest BCUT2D eigenvalue weighted by molar-refractivity contribution is -0.143. The van der Waals surface area contributed by atoms with E-state index in [1.54, 1.807) is 49.2 Å². The van der Waals surface area contributed by atoms with Gasteiger partial charge < -0.3 is 20.1 Å². The smallest absolute Gasteiger partial charge is 0.320 e. The van der Waals surface area contributed by atoms with Crippen molar-refractivity contribution in [1.29, 1.82) is 0 Å². The molecule has 0 saturated carbocycles. The average Bonchev–Trinajstić information content (AvgIpc) is 2.81. The number of rotatable bonds is 10. The predicted molar refractivity (Wildman–Crippen MR) is 135 cm³/mol. The number of hydrogen-bond acceptors (Lipinski definition) is 8. The lowest BCUT2D eigenvalue weighted by Gasteiger charge is -2.14. The van der Waals surface area contributed by atoms with Gasteiger partial charge in [-0.1, -0.05) is 6.08 Å². The van der Waals surface area contributed by atoms with Crippen LogP contribution in [0.2, 0.25) is 0 Å². The van der Waals surface area contributed by atoms with Crippen LogP contribution in [0.25, 0.3) is 10.9 Å². The molecule has 0 bridgehead atoms. The van der Waals surface area contributed by atoms with E-state index in [0.29, 0.717) is 51.5 Å². The van der Waals surface area contributed by atoms with Gasteiger partial charge in [0.05, 0.1) is 35.9 Å². The largest absolute Gasteiger partial charge is 0.494 e. The van der Waals surface area contributed by atoms with Gasteiger partial charge >= 0.3 is 5.97 Å². The Kier molecular flexibility index (Phi) is 9.10.